The summed E-state index contributed by atoms with van der Waals surface area (Å²) in [6.45, 7) is 4.84. The molecule has 2 atom stereocenters. The van der Waals surface area contributed by atoms with E-state index in [9.17, 15) is 4.79 Å². The van der Waals surface area contributed by atoms with Gasteiger partial charge in [-0.2, -0.15) is 0 Å². The SMILES string of the molecule is CCn1ccnc(NC2(CCl)CCCC(C)C2)c1=O. The molecule has 1 fully saturated rings. The Kier molecular flexibility index (Phi) is 4.50. The molecule has 1 heterocycles. The van der Waals surface area contributed by atoms with Crippen molar-refractivity contribution < 1.29 is 0 Å². The molecule has 2 rings (SSSR count). The summed E-state index contributed by atoms with van der Waals surface area (Å²) in [6.07, 6.45) is 7.77. The van der Waals surface area contributed by atoms with E-state index in [1.807, 2.05) is 6.92 Å². The van der Waals surface area contributed by atoms with Crippen molar-refractivity contribution in [1.82, 2.24) is 9.55 Å². The van der Waals surface area contributed by atoms with E-state index >= 15 is 0 Å². The number of nitrogens with zero attached hydrogens (tertiary/aromatic N) is 2. The van der Waals surface area contributed by atoms with Crippen molar-refractivity contribution in [2.45, 2.75) is 51.6 Å². The van der Waals surface area contributed by atoms with E-state index in [1.165, 1.54) is 6.42 Å². The Morgan fingerprint density at radius 1 is 1.63 bits per heavy atom. The van der Waals surface area contributed by atoms with Gasteiger partial charge < -0.3 is 9.88 Å². The smallest absolute Gasteiger partial charge is 0.293 e. The summed E-state index contributed by atoms with van der Waals surface area (Å²) in [5.41, 5.74) is -0.245. The van der Waals surface area contributed by atoms with Crippen LogP contribution in [0.25, 0.3) is 0 Å². The lowest BCUT2D eigenvalue weighted by atomic mass is 9.77. The van der Waals surface area contributed by atoms with Crippen LogP contribution in [0.3, 0.4) is 0 Å². The van der Waals surface area contributed by atoms with E-state index in [4.69, 9.17) is 11.6 Å². The number of rotatable bonds is 4. The minimum Gasteiger partial charge on any atom is -0.359 e. The highest BCUT2D eigenvalue weighted by molar-refractivity contribution is 6.18. The molecule has 0 spiro atoms. The lowest BCUT2D eigenvalue weighted by molar-refractivity contribution is 0.278. The summed E-state index contributed by atoms with van der Waals surface area (Å²) in [5.74, 6) is 1.58. The van der Waals surface area contributed by atoms with Crippen LogP contribution in [0.4, 0.5) is 5.82 Å². The van der Waals surface area contributed by atoms with Crippen LogP contribution in [0.1, 0.15) is 39.5 Å². The van der Waals surface area contributed by atoms with Gasteiger partial charge in [0.2, 0.25) is 0 Å². The van der Waals surface area contributed by atoms with Crippen LogP contribution in [0.15, 0.2) is 17.2 Å². The number of nitrogens with one attached hydrogen (secondary N) is 1. The quantitative estimate of drug-likeness (QED) is 0.865. The number of hydrogen-bond donors (Lipinski definition) is 1. The number of aromatic nitrogens is 2. The van der Waals surface area contributed by atoms with Crippen molar-refractivity contribution >= 4 is 17.4 Å². The molecule has 4 nitrogen and oxygen atoms in total. The van der Waals surface area contributed by atoms with Gasteiger partial charge in [-0.05, 0) is 25.7 Å². The van der Waals surface area contributed by atoms with E-state index in [1.54, 1.807) is 17.0 Å². The summed E-state index contributed by atoms with van der Waals surface area (Å²) in [5, 5.41) is 3.34. The Bertz CT molecular complexity index is 488. The highest BCUT2D eigenvalue weighted by atomic mass is 35.5. The Labute approximate surface area is 119 Å². The van der Waals surface area contributed by atoms with Crippen molar-refractivity contribution in [2.24, 2.45) is 5.92 Å². The van der Waals surface area contributed by atoms with Crippen molar-refractivity contribution in [3.05, 3.63) is 22.7 Å². The van der Waals surface area contributed by atoms with Gasteiger partial charge in [-0.3, -0.25) is 4.79 Å². The molecule has 0 aliphatic heterocycles. The van der Waals surface area contributed by atoms with Gasteiger partial charge in [0, 0.05) is 24.8 Å². The van der Waals surface area contributed by atoms with Crippen LogP contribution >= 0.6 is 11.6 Å². The molecular weight excluding hydrogens is 262 g/mol. The van der Waals surface area contributed by atoms with Crippen LogP contribution in [-0.4, -0.2) is 21.0 Å². The molecular formula is C14H22ClN3O. The number of anilines is 1. The van der Waals surface area contributed by atoms with Crippen LogP contribution in [0.5, 0.6) is 0 Å². The molecule has 0 aromatic carbocycles. The number of halogens is 1. The first-order chi connectivity index (χ1) is 9.10. The van der Waals surface area contributed by atoms with Gasteiger partial charge in [0.25, 0.3) is 5.56 Å². The van der Waals surface area contributed by atoms with Crippen molar-refractivity contribution in [2.75, 3.05) is 11.2 Å². The molecule has 0 saturated heterocycles. The zero-order chi connectivity index (χ0) is 13.9. The lowest BCUT2D eigenvalue weighted by Gasteiger charge is -2.39. The Morgan fingerprint density at radius 2 is 2.42 bits per heavy atom. The van der Waals surface area contributed by atoms with Gasteiger partial charge in [-0.1, -0.05) is 19.8 Å². The second-order valence-corrected chi connectivity index (χ2v) is 5.87. The van der Waals surface area contributed by atoms with Gasteiger partial charge in [0.1, 0.15) is 0 Å². The fraction of sp³-hybridized carbons (Fsp3) is 0.714. The standard InChI is InChI=1S/C14H22ClN3O/c1-3-18-8-7-16-12(13(18)19)17-14(10-15)6-4-5-11(2)9-14/h7-8,11H,3-6,9-10H2,1-2H3,(H,16,17). The lowest BCUT2D eigenvalue weighted by Crippen LogP contribution is -2.46. The summed E-state index contributed by atoms with van der Waals surface area (Å²) in [4.78, 5) is 16.4. The van der Waals surface area contributed by atoms with Gasteiger partial charge in [-0.15, -0.1) is 11.6 Å². The third kappa shape index (κ3) is 3.11. The van der Waals surface area contributed by atoms with Crippen LogP contribution in [-0.2, 0) is 6.54 Å². The fourth-order valence-corrected chi connectivity index (χ4v) is 3.27. The molecule has 2 unspecified atom stereocenters. The predicted octanol–water partition coefficient (Wildman–Crippen LogP) is 2.86. The molecule has 1 aromatic rings. The molecule has 1 aromatic heterocycles. The van der Waals surface area contributed by atoms with E-state index in [2.05, 4.69) is 17.2 Å². The third-order valence-electron chi connectivity index (χ3n) is 3.99. The maximum Gasteiger partial charge on any atom is 0.293 e. The molecule has 1 N–H and O–H groups in total. The van der Waals surface area contributed by atoms with E-state index in [0.717, 1.165) is 19.3 Å². The first-order valence-electron chi connectivity index (χ1n) is 7.00. The number of hydrogen-bond acceptors (Lipinski definition) is 3. The van der Waals surface area contributed by atoms with Crippen molar-refractivity contribution in [3.63, 3.8) is 0 Å². The van der Waals surface area contributed by atoms with E-state index < -0.39 is 0 Å². The van der Waals surface area contributed by atoms with Crippen LogP contribution in [0.2, 0.25) is 0 Å². The van der Waals surface area contributed by atoms with E-state index in [0.29, 0.717) is 24.2 Å². The molecule has 106 valence electrons. The third-order valence-corrected chi connectivity index (χ3v) is 4.50. The zero-order valence-corrected chi connectivity index (χ0v) is 12.4. The Hall–Kier alpha value is -1.03. The molecule has 0 bridgehead atoms. The van der Waals surface area contributed by atoms with Crippen molar-refractivity contribution in [3.8, 4) is 0 Å². The summed E-state index contributed by atoms with van der Waals surface area (Å²) in [6, 6.07) is 0. The molecule has 0 radical (unpaired) electrons. The topological polar surface area (TPSA) is 46.9 Å². The zero-order valence-electron chi connectivity index (χ0n) is 11.7. The summed E-state index contributed by atoms with van der Waals surface area (Å²) >= 11 is 6.18. The van der Waals surface area contributed by atoms with Gasteiger partial charge in [0.05, 0.1) is 5.54 Å². The highest BCUT2D eigenvalue weighted by Gasteiger charge is 2.35. The highest BCUT2D eigenvalue weighted by Crippen LogP contribution is 2.35. The first kappa shape index (κ1) is 14.4. The second kappa shape index (κ2) is 5.95. The van der Waals surface area contributed by atoms with Gasteiger partial charge in [-0.25, -0.2) is 4.98 Å². The maximum atomic E-state index is 12.2. The molecule has 19 heavy (non-hydrogen) atoms. The fourth-order valence-electron chi connectivity index (χ4n) is 2.96. The Balaban J connectivity index is 2.25. The minimum atomic E-state index is -0.182. The van der Waals surface area contributed by atoms with E-state index in [-0.39, 0.29) is 11.1 Å². The number of alkyl halides is 1. The van der Waals surface area contributed by atoms with Crippen LogP contribution < -0.4 is 10.9 Å². The average molecular weight is 284 g/mol. The minimum absolute atomic E-state index is 0.0623. The maximum absolute atomic E-state index is 12.2. The monoisotopic (exact) mass is 283 g/mol. The molecule has 5 heteroatoms. The summed E-state index contributed by atoms with van der Waals surface area (Å²) in [7, 11) is 0. The molecule has 0 amide bonds. The van der Waals surface area contributed by atoms with Crippen LogP contribution in [0, 0.1) is 5.92 Å². The van der Waals surface area contributed by atoms with Crippen molar-refractivity contribution in [1.29, 1.82) is 0 Å². The largest absolute Gasteiger partial charge is 0.359 e. The van der Waals surface area contributed by atoms with Gasteiger partial charge in [0.15, 0.2) is 5.82 Å². The normalized spacial score (nSPS) is 27.2. The molecule has 1 aliphatic carbocycles. The Morgan fingerprint density at radius 3 is 3.05 bits per heavy atom. The predicted molar refractivity (Wildman–Crippen MR) is 78.9 cm³/mol. The second-order valence-electron chi connectivity index (χ2n) is 5.61. The first-order valence-corrected chi connectivity index (χ1v) is 7.53. The molecule has 1 saturated carbocycles. The number of aryl methyl sites for hydroxylation is 1. The van der Waals surface area contributed by atoms with Gasteiger partial charge >= 0.3 is 0 Å². The average Bonchev–Trinajstić information content (AvgIpc) is 2.41. The molecule has 1 aliphatic rings. The summed E-state index contributed by atoms with van der Waals surface area (Å²) < 4.78 is 1.66.